The van der Waals surface area contributed by atoms with E-state index in [0.717, 1.165) is 16.7 Å². The fourth-order valence-electron chi connectivity index (χ4n) is 3.33. The maximum atomic E-state index is 13.1. The van der Waals surface area contributed by atoms with Gasteiger partial charge in [0.1, 0.15) is 22.8 Å². The van der Waals surface area contributed by atoms with Crippen LogP contribution in [0.1, 0.15) is 22.8 Å². The molecule has 0 radical (unpaired) electrons. The van der Waals surface area contributed by atoms with E-state index in [4.69, 9.17) is 4.74 Å². The molecule has 0 spiro atoms. The average molecular weight is 413 g/mol. The molecule has 1 heterocycles. The normalized spacial score (nSPS) is 16.1. The van der Waals surface area contributed by atoms with Crippen molar-refractivity contribution < 1.29 is 13.2 Å². The smallest absolute Gasteiger partial charge is 0.216 e. The second-order valence-corrected chi connectivity index (χ2v) is 8.95. The Labute approximate surface area is 176 Å². The molecule has 0 aliphatic carbocycles. The Morgan fingerprint density at radius 2 is 1.63 bits per heavy atom. The molecule has 30 heavy (non-hydrogen) atoms. The quantitative estimate of drug-likeness (QED) is 0.538. The SMILES string of the molecule is Cc1ccc(S(=O)(=O)C(C#N)=CC2=Cc3ccccc3OC2c2ccccc2)cc1. The van der Waals surface area contributed by atoms with E-state index < -0.39 is 15.9 Å². The molecule has 0 N–H and O–H groups in total. The molecule has 5 heteroatoms. The zero-order valence-electron chi connectivity index (χ0n) is 16.3. The minimum atomic E-state index is -3.95. The van der Waals surface area contributed by atoms with Crippen LogP contribution in [0.5, 0.6) is 5.75 Å². The first-order valence-electron chi connectivity index (χ1n) is 9.45. The molecule has 148 valence electrons. The van der Waals surface area contributed by atoms with Crippen molar-refractivity contribution in [2.24, 2.45) is 0 Å². The summed E-state index contributed by atoms with van der Waals surface area (Å²) >= 11 is 0. The Morgan fingerprint density at radius 3 is 2.33 bits per heavy atom. The molecule has 4 nitrogen and oxygen atoms in total. The number of nitriles is 1. The number of benzene rings is 3. The van der Waals surface area contributed by atoms with Crippen molar-refractivity contribution in [3.63, 3.8) is 0 Å². The topological polar surface area (TPSA) is 67.2 Å². The van der Waals surface area contributed by atoms with E-state index >= 15 is 0 Å². The second kappa shape index (κ2) is 8.02. The molecule has 0 bridgehead atoms. The van der Waals surface area contributed by atoms with Crippen molar-refractivity contribution in [3.05, 3.63) is 112 Å². The molecule has 1 aliphatic heterocycles. The van der Waals surface area contributed by atoms with Gasteiger partial charge in [0, 0.05) is 5.56 Å². The summed E-state index contributed by atoms with van der Waals surface area (Å²) in [6, 6.07) is 25.4. The van der Waals surface area contributed by atoms with Crippen LogP contribution >= 0.6 is 0 Å². The Kier molecular flexibility index (Phi) is 5.26. The van der Waals surface area contributed by atoms with Gasteiger partial charge in [-0.2, -0.15) is 5.26 Å². The van der Waals surface area contributed by atoms with Crippen LogP contribution in [0.25, 0.3) is 6.08 Å². The molecule has 0 aromatic heterocycles. The number of hydrogen-bond acceptors (Lipinski definition) is 4. The maximum absolute atomic E-state index is 13.1. The highest BCUT2D eigenvalue weighted by Crippen LogP contribution is 2.38. The number of nitrogens with zero attached hydrogens (tertiary/aromatic N) is 1. The van der Waals surface area contributed by atoms with Gasteiger partial charge in [-0.25, -0.2) is 8.42 Å². The molecule has 4 rings (SSSR count). The third-order valence-corrected chi connectivity index (χ3v) is 6.60. The molecule has 0 saturated carbocycles. The number of para-hydroxylation sites is 1. The van der Waals surface area contributed by atoms with Crippen LogP contribution in [0, 0.1) is 18.3 Å². The van der Waals surface area contributed by atoms with Crippen molar-refractivity contribution in [1.29, 1.82) is 5.26 Å². The van der Waals surface area contributed by atoms with E-state index in [1.165, 1.54) is 18.2 Å². The van der Waals surface area contributed by atoms with Gasteiger partial charge in [0.2, 0.25) is 9.84 Å². The predicted molar refractivity (Wildman–Crippen MR) is 116 cm³/mol. The van der Waals surface area contributed by atoms with Crippen molar-refractivity contribution in [2.45, 2.75) is 17.9 Å². The van der Waals surface area contributed by atoms with Gasteiger partial charge in [0.15, 0.2) is 0 Å². The number of hydrogen-bond donors (Lipinski definition) is 0. The standard InChI is InChI=1S/C25H19NO3S/c1-18-11-13-22(14-12-18)30(27,28)23(17-26)16-21-15-20-9-5-6-10-24(20)29-25(21)19-7-3-2-4-8-19/h2-16,25H,1H3. The van der Waals surface area contributed by atoms with E-state index in [1.807, 2.05) is 73.7 Å². The fourth-order valence-corrected chi connectivity index (χ4v) is 4.49. The van der Waals surface area contributed by atoms with Gasteiger partial charge in [0.05, 0.1) is 4.90 Å². The number of sulfone groups is 1. The number of aryl methyl sites for hydroxylation is 1. The molecule has 1 aliphatic rings. The molecular formula is C25H19NO3S. The van der Waals surface area contributed by atoms with Crippen LogP contribution in [0.3, 0.4) is 0 Å². The summed E-state index contributed by atoms with van der Waals surface area (Å²) in [5, 5.41) is 9.69. The van der Waals surface area contributed by atoms with Crippen molar-refractivity contribution in [2.75, 3.05) is 0 Å². The highest BCUT2D eigenvalue weighted by Gasteiger charge is 2.27. The lowest BCUT2D eigenvalue weighted by Gasteiger charge is -2.26. The highest BCUT2D eigenvalue weighted by atomic mass is 32.2. The van der Waals surface area contributed by atoms with Gasteiger partial charge in [-0.05, 0) is 48.4 Å². The third-order valence-electron chi connectivity index (χ3n) is 4.92. The van der Waals surface area contributed by atoms with Gasteiger partial charge in [-0.1, -0.05) is 66.2 Å². The van der Waals surface area contributed by atoms with Crippen LogP contribution in [-0.4, -0.2) is 8.42 Å². The van der Waals surface area contributed by atoms with E-state index in [-0.39, 0.29) is 9.80 Å². The minimum absolute atomic E-state index is 0.0925. The lowest BCUT2D eigenvalue weighted by Crippen LogP contribution is -2.15. The van der Waals surface area contributed by atoms with E-state index in [0.29, 0.717) is 11.3 Å². The monoisotopic (exact) mass is 413 g/mol. The summed E-state index contributed by atoms with van der Waals surface area (Å²) in [6.07, 6.45) is 2.78. The Hall–Kier alpha value is -3.62. The Morgan fingerprint density at radius 1 is 0.967 bits per heavy atom. The predicted octanol–water partition coefficient (Wildman–Crippen LogP) is 5.39. The summed E-state index contributed by atoms with van der Waals surface area (Å²) in [5.74, 6) is 0.711. The third kappa shape index (κ3) is 3.78. The van der Waals surface area contributed by atoms with Crippen LogP contribution in [0.15, 0.2) is 100 Å². The van der Waals surface area contributed by atoms with Gasteiger partial charge >= 0.3 is 0 Å². The molecule has 1 unspecified atom stereocenters. The lowest BCUT2D eigenvalue weighted by atomic mass is 9.96. The fraction of sp³-hybridized carbons (Fsp3) is 0.0800. The van der Waals surface area contributed by atoms with Crippen molar-refractivity contribution in [3.8, 4) is 11.8 Å². The summed E-state index contributed by atoms with van der Waals surface area (Å²) < 4.78 is 32.3. The lowest BCUT2D eigenvalue weighted by molar-refractivity contribution is 0.243. The Balaban J connectivity index is 1.84. The number of fused-ring (bicyclic) bond motifs is 1. The maximum Gasteiger partial charge on any atom is 0.216 e. The molecule has 0 amide bonds. The van der Waals surface area contributed by atoms with Crippen LogP contribution in [-0.2, 0) is 9.84 Å². The summed E-state index contributed by atoms with van der Waals surface area (Å²) in [6.45, 7) is 1.88. The summed E-state index contributed by atoms with van der Waals surface area (Å²) in [7, 11) is -3.95. The second-order valence-electron chi connectivity index (χ2n) is 7.03. The van der Waals surface area contributed by atoms with E-state index in [1.54, 1.807) is 12.1 Å². The van der Waals surface area contributed by atoms with Crippen molar-refractivity contribution >= 4 is 15.9 Å². The van der Waals surface area contributed by atoms with E-state index in [9.17, 15) is 13.7 Å². The minimum Gasteiger partial charge on any atom is -0.480 e. The van der Waals surface area contributed by atoms with Crippen LogP contribution < -0.4 is 4.74 Å². The molecule has 3 aromatic rings. The largest absolute Gasteiger partial charge is 0.480 e. The zero-order valence-corrected chi connectivity index (χ0v) is 17.1. The molecule has 1 atom stereocenters. The van der Waals surface area contributed by atoms with Crippen LogP contribution in [0.2, 0.25) is 0 Å². The highest BCUT2D eigenvalue weighted by molar-refractivity contribution is 7.95. The summed E-state index contributed by atoms with van der Waals surface area (Å²) in [5.41, 5.74) is 3.26. The zero-order chi connectivity index (χ0) is 21.1. The molecule has 3 aromatic carbocycles. The Bertz CT molecular complexity index is 1280. The first-order chi connectivity index (χ1) is 14.5. The molecule has 0 fully saturated rings. The van der Waals surface area contributed by atoms with Gasteiger partial charge in [0.25, 0.3) is 0 Å². The number of ether oxygens (including phenoxy) is 1. The number of allylic oxidation sites excluding steroid dienone is 1. The molecular weight excluding hydrogens is 394 g/mol. The first kappa shape index (κ1) is 19.7. The average Bonchev–Trinajstić information content (AvgIpc) is 2.77. The molecule has 0 saturated heterocycles. The summed E-state index contributed by atoms with van der Waals surface area (Å²) in [4.78, 5) is -0.226. The first-order valence-corrected chi connectivity index (χ1v) is 10.9. The van der Waals surface area contributed by atoms with Gasteiger partial charge < -0.3 is 4.74 Å². The van der Waals surface area contributed by atoms with Crippen molar-refractivity contribution in [1.82, 2.24) is 0 Å². The van der Waals surface area contributed by atoms with Gasteiger partial charge in [-0.15, -0.1) is 0 Å². The van der Waals surface area contributed by atoms with Crippen LogP contribution in [0.4, 0.5) is 0 Å². The van der Waals surface area contributed by atoms with Gasteiger partial charge in [-0.3, -0.25) is 0 Å². The number of rotatable bonds is 4. The van der Waals surface area contributed by atoms with E-state index in [2.05, 4.69) is 0 Å².